The zero-order chi connectivity index (χ0) is 18.2. The van der Waals surface area contributed by atoms with Crippen LogP contribution in [0.15, 0.2) is 48.5 Å². The van der Waals surface area contributed by atoms with Crippen molar-refractivity contribution in [2.24, 2.45) is 0 Å². The molecule has 1 unspecified atom stereocenters. The van der Waals surface area contributed by atoms with Crippen molar-refractivity contribution in [3.63, 3.8) is 0 Å². The molecule has 0 aromatic heterocycles. The number of carbonyl (C=O) groups is 2. The van der Waals surface area contributed by atoms with Gasteiger partial charge in [0.2, 0.25) is 0 Å². The van der Waals surface area contributed by atoms with Crippen molar-refractivity contribution in [1.29, 1.82) is 0 Å². The van der Waals surface area contributed by atoms with Crippen LogP contribution in [0.25, 0.3) is 0 Å². The molecule has 25 heavy (non-hydrogen) atoms. The Labute approximate surface area is 146 Å². The van der Waals surface area contributed by atoms with Crippen LogP contribution in [0.2, 0.25) is 0 Å². The third-order valence-electron chi connectivity index (χ3n) is 3.76. The number of nitrogens with one attached hydrogen (secondary N) is 3. The van der Waals surface area contributed by atoms with Crippen molar-refractivity contribution in [3.05, 3.63) is 65.5 Å². The molecule has 3 amide bonds. The lowest BCUT2D eigenvalue weighted by molar-refractivity contribution is 0.0939. The molecular formula is C19H22FN3O2. The molecule has 0 spiro atoms. The van der Waals surface area contributed by atoms with Gasteiger partial charge in [-0.15, -0.1) is 0 Å². The molecule has 0 aliphatic rings. The monoisotopic (exact) mass is 343 g/mol. The van der Waals surface area contributed by atoms with Crippen molar-refractivity contribution >= 4 is 17.6 Å². The number of amides is 3. The maximum absolute atomic E-state index is 12.8. The molecule has 0 radical (unpaired) electrons. The molecule has 6 heteroatoms. The number of benzene rings is 2. The van der Waals surface area contributed by atoms with Crippen molar-refractivity contribution in [2.45, 2.75) is 32.9 Å². The minimum Gasteiger partial charge on any atom is -0.350 e. The van der Waals surface area contributed by atoms with Gasteiger partial charge in [-0.05, 0) is 55.3 Å². The highest BCUT2D eigenvalue weighted by Gasteiger charge is 2.09. The second-order valence-corrected chi connectivity index (χ2v) is 5.79. The molecule has 1 atom stereocenters. The summed E-state index contributed by atoms with van der Waals surface area (Å²) in [5, 5.41) is 8.26. The van der Waals surface area contributed by atoms with Crippen LogP contribution in [0.1, 0.15) is 36.2 Å². The maximum atomic E-state index is 12.8. The van der Waals surface area contributed by atoms with Gasteiger partial charge < -0.3 is 16.0 Å². The Morgan fingerprint density at radius 3 is 2.28 bits per heavy atom. The minimum atomic E-state index is -0.374. The molecule has 0 saturated carbocycles. The molecule has 0 fully saturated rings. The van der Waals surface area contributed by atoms with E-state index in [0.29, 0.717) is 17.8 Å². The van der Waals surface area contributed by atoms with E-state index in [2.05, 4.69) is 16.0 Å². The van der Waals surface area contributed by atoms with Gasteiger partial charge in [-0.3, -0.25) is 4.79 Å². The third kappa shape index (κ3) is 5.91. The number of halogens is 1. The summed E-state index contributed by atoms with van der Waals surface area (Å²) in [4.78, 5) is 23.9. The molecule has 5 nitrogen and oxygen atoms in total. The highest BCUT2D eigenvalue weighted by Crippen LogP contribution is 2.10. The van der Waals surface area contributed by atoms with Crippen molar-refractivity contribution in [2.75, 3.05) is 5.32 Å². The van der Waals surface area contributed by atoms with Gasteiger partial charge in [-0.25, -0.2) is 9.18 Å². The van der Waals surface area contributed by atoms with Gasteiger partial charge in [-0.1, -0.05) is 19.1 Å². The predicted octanol–water partition coefficient (Wildman–Crippen LogP) is 3.68. The molecule has 0 aliphatic carbocycles. The van der Waals surface area contributed by atoms with E-state index < -0.39 is 0 Å². The summed E-state index contributed by atoms with van der Waals surface area (Å²) in [5.74, 6) is -0.452. The molecule has 0 saturated heterocycles. The SMILES string of the molecule is CCC(C)NC(=O)c1ccc(NC(=O)NCc2ccc(F)cc2)cc1. The average molecular weight is 343 g/mol. The highest BCUT2D eigenvalue weighted by atomic mass is 19.1. The Hall–Kier alpha value is -2.89. The first-order chi connectivity index (χ1) is 12.0. The van der Waals surface area contributed by atoms with Crippen LogP contribution in [-0.4, -0.2) is 18.0 Å². The molecule has 0 heterocycles. The van der Waals surface area contributed by atoms with E-state index in [-0.39, 0.29) is 23.8 Å². The van der Waals surface area contributed by atoms with E-state index in [9.17, 15) is 14.0 Å². The first-order valence-corrected chi connectivity index (χ1v) is 8.18. The number of rotatable bonds is 6. The summed E-state index contributed by atoms with van der Waals surface area (Å²) < 4.78 is 12.8. The molecule has 0 aliphatic heterocycles. The van der Waals surface area contributed by atoms with Crippen LogP contribution in [0.4, 0.5) is 14.9 Å². The summed E-state index contributed by atoms with van der Waals surface area (Å²) in [6, 6.07) is 12.3. The van der Waals surface area contributed by atoms with Gasteiger partial charge in [-0.2, -0.15) is 0 Å². The van der Waals surface area contributed by atoms with Crippen LogP contribution >= 0.6 is 0 Å². The number of hydrogen-bond acceptors (Lipinski definition) is 2. The minimum absolute atomic E-state index is 0.113. The van der Waals surface area contributed by atoms with Crippen molar-refractivity contribution in [3.8, 4) is 0 Å². The summed E-state index contributed by atoms with van der Waals surface area (Å²) in [7, 11) is 0. The second kappa shape index (κ2) is 8.82. The van der Waals surface area contributed by atoms with Crippen molar-refractivity contribution in [1.82, 2.24) is 10.6 Å². The summed E-state index contributed by atoms with van der Waals surface area (Å²) >= 11 is 0. The average Bonchev–Trinajstić information content (AvgIpc) is 2.61. The normalized spacial score (nSPS) is 11.5. The van der Waals surface area contributed by atoms with Crippen LogP contribution in [0, 0.1) is 5.82 Å². The number of carbonyl (C=O) groups excluding carboxylic acids is 2. The van der Waals surface area contributed by atoms with E-state index in [1.165, 1.54) is 12.1 Å². The van der Waals surface area contributed by atoms with Gasteiger partial charge in [0.25, 0.3) is 5.91 Å². The fraction of sp³-hybridized carbons (Fsp3) is 0.263. The molecule has 2 aromatic rings. The smallest absolute Gasteiger partial charge is 0.319 e. The van der Waals surface area contributed by atoms with Gasteiger partial charge >= 0.3 is 6.03 Å². The Kier molecular flexibility index (Phi) is 6.51. The topological polar surface area (TPSA) is 70.2 Å². The van der Waals surface area contributed by atoms with Gasteiger partial charge in [0.05, 0.1) is 0 Å². The highest BCUT2D eigenvalue weighted by molar-refractivity contribution is 5.95. The lowest BCUT2D eigenvalue weighted by Gasteiger charge is -2.12. The molecule has 2 aromatic carbocycles. The Morgan fingerprint density at radius 2 is 1.68 bits per heavy atom. The van der Waals surface area contributed by atoms with E-state index in [1.54, 1.807) is 36.4 Å². The molecule has 2 rings (SSSR count). The second-order valence-electron chi connectivity index (χ2n) is 5.79. The lowest BCUT2D eigenvalue weighted by atomic mass is 10.1. The zero-order valence-electron chi connectivity index (χ0n) is 14.3. The van der Waals surface area contributed by atoms with Gasteiger partial charge in [0, 0.05) is 23.8 Å². The standard InChI is InChI=1S/C19H22FN3O2/c1-3-13(2)22-18(24)15-6-10-17(11-7-15)23-19(25)21-12-14-4-8-16(20)9-5-14/h4-11,13H,3,12H2,1-2H3,(H,22,24)(H2,21,23,25). The Morgan fingerprint density at radius 1 is 1.04 bits per heavy atom. The fourth-order valence-electron chi connectivity index (χ4n) is 2.07. The fourth-order valence-corrected chi connectivity index (χ4v) is 2.07. The summed E-state index contributed by atoms with van der Waals surface area (Å²) in [5.41, 5.74) is 1.92. The van der Waals surface area contributed by atoms with Crippen LogP contribution in [0.5, 0.6) is 0 Å². The molecule has 0 bridgehead atoms. The maximum Gasteiger partial charge on any atom is 0.319 e. The molecule has 3 N–H and O–H groups in total. The number of hydrogen-bond donors (Lipinski definition) is 3. The number of anilines is 1. The number of urea groups is 1. The molecular weight excluding hydrogens is 321 g/mol. The first-order valence-electron chi connectivity index (χ1n) is 8.18. The summed E-state index contributed by atoms with van der Waals surface area (Å²) in [6.07, 6.45) is 0.861. The third-order valence-corrected chi connectivity index (χ3v) is 3.76. The van der Waals surface area contributed by atoms with E-state index in [0.717, 1.165) is 12.0 Å². The zero-order valence-corrected chi connectivity index (χ0v) is 14.3. The van der Waals surface area contributed by atoms with Crippen molar-refractivity contribution < 1.29 is 14.0 Å². The quantitative estimate of drug-likeness (QED) is 0.749. The first kappa shape index (κ1) is 18.4. The van der Waals surface area contributed by atoms with Gasteiger partial charge in [0.1, 0.15) is 5.82 Å². The largest absolute Gasteiger partial charge is 0.350 e. The van der Waals surface area contributed by atoms with E-state index in [1.807, 2.05) is 13.8 Å². The predicted molar refractivity (Wildman–Crippen MR) is 95.9 cm³/mol. The van der Waals surface area contributed by atoms with Crippen LogP contribution < -0.4 is 16.0 Å². The molecule has 132 valence electrons. The lowest BCUT2D eigenvalue weighted by Crippen LogP contribution is -2.32. The van der Waals surface area contributed by atoms with E-state index >= 15 is 0 Å². The van der Waals surface area contributed by atoms with Gasteiger partial charge in [0.15, 0.2) is 0 Å². The summed E-state index contributed by atoms with van der Waals surface area (Å²) in [6.45, 7) is 4.24. The van der Waals surface area contributed by atoms with E-state index in [4.69, 9.17) is 0 Å². The Balaban J connectivity index is 1.84. The Bertz CT molecular complexity index is 714. The van der Waals surface area contributed by atoms with Crippen LogP contribution in [-0.2, 0) is 6.54 Å². The van der Waals surface area contributed by atoms with Crippen LogP contribution in [0.3, 0.4) is 0 Å².